The summed E-state index contributed by atoms with van der Waals surface area (Å²) in [7, 11) is -4.06. The van der Waals surface area contributed by atoms with E-state index >= 15 is 0 Å². The Morgan fingerprint density at radius 2 is 1.67 bits per heavy atom. The van der Waals surface area contributed by atoms with Crippen LogP contribution in [-0.4, -0.2) is 87.5 Å². The van der Waals surface area contributed by atoms with Crippen LogP contribution in [0.25, 0.3) is 0 Å². The fourth-order valence-electron chi connectivity index (χ4n) is 4.23. The summed E-state index contributed by atoms with van der Waals surface area (Å²) in [4.78, 5) is 21.9. The average Bonchev–Trinajstić information content (AvgIpc) is 3.09. The first kappa shape index (κ1) is 33.2. The van der Waals surface area contributed by atoms with Crippen molar-refractivity contribution in [1.82, 2.24) is 10.6 Å². The van der Waals surface area contributed by atoms with Crippen LogP contribution in [0, 0.1) is 0 Å². The van der Waals surface area contributed by atoms with Crippen molar-refractivity contribution >= 4 is 13.5 Å². The van der Waals surface area contributed by atoms with Gasteiger partial charge in [0, 0.05) is 19.0 Å². The van der Waals surface area contributed by atoms with Gasteiger partial charge in [0.05, 0.1) is 43.7 Å². The number of carbonyl (C=O) groups excluding carboxylic acids is 1. The minimum atomic E-state index is -4.06. The van der Waals surface area contributed by atoms with Gasteiger partial charge >= 0.3 is 7.60 Å². The third kappa shape index (κ3) is 14.8. The maximum absolute atomic E-state index is 12.2. The zero-order valence-corrected chi connectivity index (χ0v) is 22.7. The number of carbonyl (C=O) groups is 1. The predicted octanol–water partition coefficient (Wildman–Crippen LogP) is 1.98. The van der Waals surface area contributed by atoms with Gasteiger partial charge < -0.3 is 40.5 Å². The molecule has 0 bridgehead atoms. The highest BCUT2D eigenvalue weighted by Crippen LogP contribution is 2.43. The molecule has 1 amide bonds. The summed E-state index contributed by atoms with van der Waals surface area (Å²) >= 11 is 0. The number of hydrogen-bond donors (Lipinski definition) is 7. The van der Waals surface area contributed by atoms with Gasteiger partial charge in [-0.1, -0.05) is 51.2 Å². The number of rotatable bonds is 21. The number of hydrogen-bond acceptors (Lipinski definition) is 8. The van der Waals surface area contributed by atoms with Crippen molar-refractivity contribution in [3.63, 3.8) is 0 Å². The van der Waals surface area contributed by atoms with Crippen LogP contribution in [0.2, 0.25) is 0 Å². The minimum Gasteiger partial charge on any atom is -0.395 e. The molecule has 6 atom stereocenters. The van der Waals surface area contributed by atoms with Crippen molar-refractivity contribution < 1.29 is 39.2 Å². The van der Waals surface area contributed by atoms with Crippen LogP contribution in [0.15, 0.2) is 12.2 Å². The molecule has 0 aromatic rings. The summed E-state index contributed by atoms with van der Waals surface area (Å²) < 4.78 is 17.2. The quantitative estimate of drug-likeness (QED) is 0.0659. The average molecular weight is 537 g/mol. The van der Waals surface area contributed by atoms with E-state index in [4.69, 9.17) is 9.63 Å². The Hall–Kier alpha value is -0.840. The lowest BCUT2D eigenvalue weighted by Crippen LogP contribution is -2.38. The number of aliphatic hydroxyl groups excluding tert-OH is 4. The van der Waals surface area contributed by atoms with E-state index in [9.17, 15) is 29.6 Å². The van der Waals surface area contributed by atoms with Gasteiger partial charge in [-0.2, -0.15) is 0 Å². The van der Waals surface area contributed by atoms with Crippen molar-refractivity contribution in [2.24, 2.45) is 0 Å². The number of allylic oxidation sites excluding steroid dienone is 2. The molecule has 36 heavy (non-hydrogen) atoms. The zero-order chi connectivity index (χ0) is 26.8. The van der Waals surface area contributed by atoms with Crippen LogP contribution >= 0.6 is 7.60 Å². The van der Waals surface area contributed by atoms with Gasteiger partial charge in [-0.25, -0.2) is 0 Å². The number of aliphatic hydroxyl groups is 4. The summed E-state index contributed by atoms with van der Waals surface area (Å²) in [6.07, 6.45) is 11.3. The van der Waals surface area contributed by atoms with E-state index in [1.807, 2.05) is 0 Å². The first-order valence-electron chi connectivity index (χ1n) is 13.5. The molecular formula is C25H49N2O8P. The normalized spacial score (nSPS) is 24.7. The summed E-state index contributed by atoms with van der Waals surface area (Å²) in [6.45, 7) is 2.12. The smallest absolute Gasteiger partial charge is 0.330 e. The molecule has 7 N–H and O–H groups in total. The molecule has 1 heterocycles. The second-order valence-electron chi connectivity index (χ2n) is 9.71. The summed E-state index contributed by atoms with van der Waals surface area (Å²) in [5.41, 5.74) is 0. The Morgan fingerprint density at radius 1 is 1.03 bits per heavy atom. The van der Waals surface area contributed by atoms with Crippen LogP contribution in [0.4, 0.5) is 0 Å². The van der Waals surface area contributed by atoms with Gasteiger partial charge in [0.25, 0.3) is 0 Å². The Labute approximate surface area is 216 Å². The summed E-state index contributed by atoms with van der Waals surface area (Å²) in [6, 6.07) is -1.42. The molecule has 0 saturated carbocycles. The Balaban J connectivity index is 2.04. The van der Waals surface area contributed by atoms with Crippen molar-refractivity contribution in [2.45, 2.75) is 114 Å². The lowest BCUT2D eigenvalue weighted by Gasteiger charge is -2.21. The minimum absolute atomic E-state index is 0.0384. The number of nitrogens with one attached hydrogen (secondary N) is 2. The maximum Gasteiger partial charge on any atom is 0.330 e. The van der Waals surface area contributed by atoms with E-state index in [1.165, 1.54) is 32.1 Å². The lowest BCUT2D eigenvalue weighted by molar-refractivity contribution is -0.121. The molecule has 0 aromatic heterocycles. The Bertz CT molecular complexity index is 666. The van der Waals surface area contributed by atoms with Crippen LogP contribution in [0.1, 0.15) is 84.0 Å². The van der Waals surface area contributed by atoms with Gasteiger partial charge in [0.1, 0.15) is 0 Å². The highest BCUT2D eigenvalue weighted by Gasteiger charge is 2.41. The molecule has 0 aromatic carbocycles. The molecule has 0 spiro atoms. The third-order valence-electron chi connectivity index (χ3n) is 6.37. The molecule has 1 aliphatic rings. The van der Waals surface area contributed by atoms with E-state index in [2.05, 4.69) is 29.7 Å². The number of unbranched alkanes of at least 4 members (excludes halogenated alkanes) is 7. The summed E-state index contributed by atoms with van der Waals surface area (Å²) in [5.74, 6) is -0.0394. The van der Waals surface area contributed by atoms with E-state index in [-0.39, 0.29) is 25.5 Å². The van der Waals surface area contributed by atoms with Crippen LogP contribution in [-0.2, 0) is 13.9 Å². The largest absolute Gasteiger partial charge is 0.395 e. The predicted molar refractivity (Wildman–Crippen MR) is 140 cm³/mol. The second-order valence-corrected chi connectivity index (χ2v) is 11.6. The topological polar surface area (TPSA) is 169 Å². The van der Waals surface area contributed by atoms with Gasteiger partial charge in [-0.05, 0) is 38.5 Å². The monoisotopic (exact) mass is 536 g/mol. The fourth-order valence-corrected chi connectivity index (χ4v) is 5.44. The van der Waals surface area contributed by atoms with Gasteiger partial charge in [0.2, 0.25) is 5.91 Å². The maximum atomic E-state index is 12.2. The van der Waals surface area contributed by atoms with Crippen molar-refractivity contribution in [3.05, 3.63) is 12.2 Å². The van der Waals surface area contributed by atoms with Gasteiger partial charge in [0.15, 0.2) is 0 Å². The third-order valence-corrected chi connectivity index (χ3v) is 7.84. The molecule has 1 fully saturated rings. The van der Waals surface area contributed by atoms with Crippen molar-refractivity contribution in [2.75, 3.05) is 25.9 Å². The molecule has 212 valence electrons. The molecule has 1 unspecified atom stereocenters. The molecule has 1 saturated heterocycles. The van der Waals surface area contributed by atoms with Crippen molar-refractivity contribution in [1.29, 1.82) is 0 Å². The standard InChI is InChI=1S/C25H49N2O8P/c1-2-3-4-5-6-7-8-9-10-11-12-14-23(30)26-15-13-16-35-36(33,34)19-20(29)17-21-24(31)25(32)22(18-28)27-21/h5-6,20-22,24-25,27-29,31-32H,2-4,7-19H2,1H3,(H,26,30)(H,33,34)/b6-5-/t20-,21-,22-,24-,25-/m1/s1. The van der Waals surface area contributed by atoms with E-state index in [0.717, 1.165) is 25.7 Å². The first-order chi connectivity index (χ1) is 17.2. The van der Waals surface area contributed by atoms with Gasteiger partial charge in [-0.15, -0.1) is 0 Å². The fraction of sp³-hybridized carbons (Fsp3) is 0.880. The number of amides is 1. The SMILES string of the molecule is CCCC/C=C\CCCCCCCC(=O)NCCCOP(=O)(O)C[C@H](O)C[C@H]1N[C@H](CO)[C@@H](O)[C@@H]1O. The van der Waals surface area contributed by atoms with Crippen molar-refractivity contribution in [3.8, 4) is 0 Å². The lowest BCUT2D eigenvalue weighted by atomic mass is 10.0. The molecule has 0 aliphatic carbocycles. The molecular weight excluding hydrogens is 487 g/mol. The van der Waals surface area contributed by atoms with Crippen LogP contribution in [0.3, 0.4) is 0 Å². The second kappa shape index (κ2) is 19.3. The van der Waals surface area contributed by atoms with Gasteiger partial charge in [-0.3, -0.25) is 9.36 Å². The zero-order valence-electron chi connectivity index (χ0n) is 21.8. The molecule has 10 nitrogen and oxygen atoms in total. The van der Waals surface area contributed by atoms with E-state index in [0.29, 0.717) is 19.4 Å². The molecule has 1 aliphatic heterocycles. The van der Waals surface area contributed by atoms with Crippen LogP contribution < -0.4 is 10.6 Å². The highest BCUT2D eigenvalue weighted by atomic mass is 31.2. The highest BCUT2D eigenvalue weighted by molar-refractivity contribution is 7.52. The van der Waals surface area contributed by atoms with Crippen LogP contribution in [0.5, 0.6) is 0 Å². The molecule has 1 rings (SSSR count). The molecule has 0 radical (unpaired) electrons. The summed E-state index contributed by atoms with van der Waals surface area (Å²) in [5, 5.41) is 44.6. The Morgan fingerprint density at radius 3 is 2.33 bits per heavy atom. The molecule has 11 heteroatoms. The first-order valence-corrected chi connectivity index (χ1v) is 15.3. The van der Waals surface area contributed by atoms with E-state index < -0.39 is 44.2 Å². The Kier molecular flexibility index (Phi) is 17.8. The van der Waals surface area contributed by atoms with E-state index in [1.54, 1.807) is 0 Å².